The highest BCUT2D eigenvalue weighted by Crippen LogP contribution is 2.57. The molecule has 0 aromatic heterocycles. The zero-order chi connectivity index (χ0) is 29.8. The van der Waals surface area contributed by atoms with Crippen molar-refractivity contribution in [2.75, 3.05) is 0 Å². The molecular weight excluding hydrogens is 538 g/mol. The number of hydrogen-bond donors (Lipinski definition) is 0. The van der Waals surface area contributed by atoms with E-state index in [0.29, 0.717) is 0 Å². The van der Waals surface area contributed by atoms with Gasteiger partial charge in [0.05, 0.1) is 22.8 Å². The van der Waals surface area contributed by atoms with Crippen LogP contribution in [0.2, 0.25) is 0 Å². The Morgan fingerprint density at radius 1 is 0.591 bits per heavy atom. The van der Waals surface area contributed by atoms with Gasteiger partial charge >= 0.3 is 13.7 Å². The lowest BCUT2D eigenvalue weighted by molar-refractivity contribution is 0.428. The summed E-state index contributed by atoms with van der Waals surface area (Å²) in [5, 5.41) is 0. The normalized spacial score (nSPS) is 20.2. The number of nitrogens with zero attached hydrogens (tertiary/aromatic N) is 2. The first-order valence-corrected chi connectivity index (χ1v) is 15.4. The first-order valence-electron chi connectivity index (χ1n) is 15.4. The summed E-state index contributed by atoms with van der Waals surface area (Å²) in [5.41, 5.74) is 19.5. The summed E-state index contributed by atoms with van der Waals surface area (Å²) in [5.74, 6) is 3.69. The highest BCUT2D eigenvalue weighted by atomic mass is 16.5. The molecule has 1 fully saturated rings. The van der Waals surface area contributed by atoms with Gasteiger partial charge in [0.2, 0.25) is 0 Å². The van der Waals surface area contributed by atoms with E-state index >= 15 is 0 Å². The van der Waals surface area contributed by atoms with E-state index in [1.54, 1.807) is 0 Å². The highest BCUT2D eigenvalue weighted by Gasteiger charge is 2.58. The fourth-order valence-electron chi connectivity index (χ4n) is 9.06. The third-order valence-corrected chi connectivity index (χ3v) is 10.7. The Kier molecular flexibility index (Phi) is 4.37. The zero-order valence-electron chi connectivity index (χ0n) is 25.2. The molecule has 10 rings (SSSR count). The van der Waals surface area contributed by atoms with Gasteiger partial charge in [-0.25, -0.2) is 0 Å². The predicted molar refractivity (Wildman–Crippen MR) is 180 cm³/mol. The van der Waals surface area contributed by atoms with Crippen LogP contribution in [-0.2, 0) is 0 Å². The quantitative estimate of drug-likeness (QED) is 0.335. The largest absolute Gasteiger partial charge is 0.459 e. The van der Waals surface area contributed by atoms with E-state index in [0.717, 1.165) is 39.6 Å². The minimum absolute atomic E-state index is 0.00522. The number of rotatable bonds is 2. The molecule has 7 aliphatic heterocycles. The Balaban J connectivity index is 1.46. The molecule has 3 aromatic carbocycles. The third-order valence-electron chi connectivity index (χ3n) is 10.7. The van der Waals surface area contributed by atoms with Gasteiger partial charge in [-0.05, 0) is 113 Å². The van der Waals surface area contributed by atoms with Crippen LogP contribution in [0.4, 0.5) is 0 Å². The number of piperazine rings is 1. The van der Waals surface area contributed by atoms with E-state index in [9.17, 15) is 0 Å². The van der Waals surface area contributed by atoms with Crippen LogP contribution in [-0.4, -0.2) is 23.3 Å². The zero-order valence-corrected chi connectivity index (χ0v) is 25.2. The molecular formula is C38H28B2N2O2. The maximum Gasteiger partial charge on any atom is 0.337 e. The molecule has 0 atom stereocenters. The van der Waals surface area contributed by atoms with Gasteiger partial charge < -0.3 is 19.1 Å². The minimum atomic E-state index is -0.0514. The van der Waals surface area contributed by atoms with Gasteiger partial charge in [0.25, 0.3) is 0 Å². The second-order valence-corrected chi connectivity index (χ2v) is 12.5. The van der Waals surface area contributed by atoms with Crippen molar-refractivity contribution in [3.63, 3.8) is 0 Å². The lowest BCUT2D eigenvalue weighted by Gasteiger charge is -2.59. The Hall–Kier alpha value is -5.09. The minimum Gasteiger partial charge on any atom is -0.459 e. The number of benzene rings is 3. The molecule has 7 heterocycles. The van der Waals surface area contributed by atoms with Crippen molar-refractivity contribution in [2.45, 2.75) is 27.7 Å². The molecule has 0 N–H and O–H groups in total. The average molecular weight is 566 g/mol. The topological polar surface area (TPSA) is 24.9 Å². The molecule has 0 amide bonds. The van der Waals surface area contributed by atoms with Gasteiger partial charge in [0.15, 0.2) is 0 Å². The van der Waals surface area contributed by atoms with Crippen molar-refractivity contribution in [3.8, 4) is 17.2 Å². The Labute approximate surface area is 258 Å². The van der Waals surface area contributed by atoms with E-state index in [2.05, 4.69) is 111 Å². The molecule has 0 aliphatic carbocycles. The van der Waals surface area contributed by atoms with E-state index < -0.39 is 0 Å². The van der Waals surface area contributed by atoms with Gasteiger partial charge in [0.1, 0.15) is 23.0 Å². The number of hydrogen-bond acceptors (Lipinski definition) is 4. The summed E-state index contributed by atoms with van der Waals surface area (Å²) in [7, 11) is 0. The lowest BCUT2D eigenvalue weighted by Crippen LogP contribution is -2.68. The van der Waals surface area contributed by atoms with Crippen molar-refractivity contribution < 1.29 is 9.47 Å². The van der Waals surface area contributed by atoms with Gasteiger partial charge in [-0.15, -0.1) is 0 Å². The predicted octanol–water partition coefficient (Wildman–Crippen LogP) is 6.42. The fourth-order valence-corrected chi connectivity index (χ4v) is 9.06. The molecule has 3 aromatic rings. The van der Waals surface area contributed by atoms with Crippen LogP contribution < -0.4 is 25.9 Å². The summed E-state index contributed by atoms with van der Waals surface area (Å²) in [6, 6.07) is 19.5. The molecule has 0 radical (unpaired) electrons. The van der Waals surface area contributed by atoms with E-state index in [4.69, 9.17) is 9.47 Å². The first-order chi connectivity index (χ1) is 21.5. The molecule has 44 heavy (non-hydrogen) atoms. The van der Waals surface area contributed by atoms with Crippen LogP contribution in [0.5, 0.6) is 17.2 Å². The molecule has 7 aliphatic rings. The summed E-state index contributed by atoms with van der Waals surface area (Å²) in [4.78, 5) is 5.25. The van der Waals surface area contributed by atoms with Gasteiger partial charge in [-0.1, -0.05) is 61.7 Å². The average Bonchev–Trinajstić information content (AvgIpc) is 3.05. The van der Waals surface area contributed by atoms with Crippen molar-refractivity contribution in [1.29, 1.82) is 0 Å². The van der Waals surface area contributed by atoms with Crippen LogP contribution in [0.3, 0.4) is 0 Å². The Morgan fingerprint density at radius 2 is 1.05 bits per heavy atom. The van der Waals surface area contributed by atoms with Crippen LogP contribution >= 0.6 is 0 Å². The maximum absolute atomic E-state index is 6.65. The molecule has 0 spiro atoms. The molecule has 0 saturated carbocycles. The number of ether oxygens (including phenoxy) is 2. The third kappa shape index (κ3) is 2.47. The second kappa shape index (κ2) is 7.89. The van der Waals surface area contributed by atoms with E-state index in [-0.39, 0.29) is 13.7 Å². The molecule has 0 bridgehead atoms. The standard InChI is InChI=1S/C38H28B2N2O2/c1-7-22-23(8-2)38-37-21(6)26-15-12-18-30-34(26)40-33-24(14-11-17-29(33)44-30)19(4)35(41(37)40)36-20(5)25-13-10-16-28-32(25)39(42(36)38)31(22)27(9-3)43-28/h7-18H,1-2H2,3-6H3/b27-9+. The van der Waals surface area contributed by atoms with Crippen molar-refractivity contribution >= 4 is 46.8 Å². The van der Waals surface area contributed by atoms with Gasteiger partial charge in [-0.3, -0.25) is 0 Å². The monoisotopic (exact) mass is 566 g/mol. The number of allylic oxidation sites excluding steroid dienone is 9. The van der Waals surface area contributed by atoms with E-state index in [1.165, 1.54) is 72.6 Å². The fraction of sp³-hybridized carbons (Fsp3) is 0.105. The summed E-state index contributed by atoms with van der Waals surface area (Å²) in [6.45, 7) is 17.6. The molecule has 1 saturated heterocycles. The van der Waals surface area contributed by atoms with Crippen molar-refractivity contribution in [3.05, 3.63) is 148 Å². The van der Waals surface area contributed by atoms with Crippen molar-refractivity contribution in [1.82, 2.24) is 9.62 Å². The first kappa shape index (κ1) is 24.4. The highest BCUT2D eigenvalue weighted by molar-refractivity contribution is 6.88. The van der Waals surface area contributed by atoms with Gasteiger partial charge in [0, 0.05) is 5.57 Å². The van der Waals surface area contributed by atoms with Crippen LogP contribution in [0, 0.1) is 0 Å². The lowest BCUT2D eigenvalue weighted by atomic mass is 9.38. The smallest absolute Gasteiger partial charge is 0.337 e. The molecule has 6 heteroatoms. The summed E-state index contributed by atoms with van der Waals surface area (Å²) < 4.78 is 13.3. The molecule has 208 valence electrons. The Bertz CT molecular complexity index is 2230. The number of fused-ring (bicyclic) bond motifs is 2. The Morgan fingerprint density at radius 3 is 1.55 bits per heavy atom. The van der Waals surface area contributed by atoms with Crippen molar-refractivity contribution in [2.24, 2.45) is 0 Å². The summed E-state index contributed by atoms with van der Waals surface area (Å²) >= 11 is 0. The van der Waals surface area contributed by atoms with E-state index in [1.807, 2.05) is 12.2 Å². The van der Waals surface area contributed by atoms with Crippen LogP contribution in [0.15, 0.2) is 131 Å². The van der Waals surface area contributed by atoms with Crippen LogP contribution in [0.1, 0.15) is 44.4 Å². The SMILES string of the molecule is C=CC1=C2B3c4c(cccc4C(C)=C4C5=C(C)c6cccc7c6B6c8c(cccc8C(C)=C(C(=C1C=C)N34)N65)O7)O/C2=C/C. The van der Waals surface area contributed by atoms with Gasteiger partial charge in [-0.2, -0.15) is 0 Å². The maximum atomic E-state index is 6.65. The summed E-state index contributed by atoms with van der Waals surface area (Å²) in [6.07, 6.45) is 6.11. The molecule has 4 nitrogen and oxygen atoms in total. The molecule has 0 unspecified atom stereocenters. The van der Waals surface area contributed by atoms with Crippen LogP contribution in [0.25, 0.3) is 16.7 Å². The second-order valence-electron chi connectivity index (χ2n) is 12.5.